The van der Waals surface area contributed by atoms with Crippen LogP contribution in [0, 0.1) is 0 Å². The first-order chi connectivity index (χ1) is 8.64. The van der Waals surface area contributed by atoms with Crippen molar-refractivity contribution in [3.05, 3.63) is 35.9 Å². The SMILES string of the molecule is CC(CO)(NCC(=O)NC1CC1)c1ccccc1. The van der Waals surface area contributed by atoms with Crippen molar-refractivity contribution in [2.75, 3.05) is 13.2 Å². The van der Waals surface area contributed by atoms with E-state index in [0.717, 1.165) is 18.4 Å². The first kappa shape index (κ1) is 13.1. The van der Waals surface area contributed by atoms with Crippen molar-refractivity contribution in [3.8, 4) is 0 Å². The smallest absolute Gasteiger partial charge is 0.234 e. The third-order valence-electron chi connectivity index (χ3n) is 3.31. The van der Waals surface area contributed by atoms with Crippen molar-refractivity contribution < 1.29 is 9.90 Å². The number of nitrogens with one attached hydrogen (secondary N) is 2. The Labute approximate surface area is 107 Å². The van der Waals surface area contributed by atoms with Crippen molar-refractivity contribution >= 4 is 5.91 Å². The minimum atomic E-state index is -0.581. The lowest BCUT2D eigenvalue weighted by Crippen LogP contribution is -2.47. The summed E-state index contributed by atoms with van der Waals surface area (Å²) >= 11 is 0. The molecule has 0 heterocycles. The lowest BCUT2D eigenvalue weighted by molar-refractivity contribution is -0.120. The number of aliphatic hydroxyl groups excluding tert-OH is 1. The zero-order valence-electron chi connectivity index (χ0n) is 10.6. The molecule has 0 radical (unpaired) electrons. The van der Waals surface area contributed by atoms with Crippen molar-refractivity contribution in [1.29, 1.82) is 0 Å². The summed E-state index contributed by atoms with van der Waals surface area (Å²) < 4.78 is 0. The summed E-state index contributed by atoms with van der Waals surface area (Å²) in [6, 6.07) is 10.0. The van der Waals surface area contributed by atoms with Crippen LogP contribution >= 0.6 is 0 Å². The second-order valence-electron chi connectivity index (χ2n) is 5.05. The molecule has 1 aromatic rings. The average molecular weight is 248 g/mol. The predicted octanol–water partition coefficient (Wildman–Crippen LogP) is 0.762. The van der Waals surface area contributed by atoms with E-state index >= 15 is 0 Å². The first-order valence-electron chi connectivity index (χ1n) is 6.35. The molecule has 1 fully saturated rings. The molecule has 1 aliphatic rings. The van der Waals surface area contributed by atoms with Crippen LogP contribution in [0.4, 0.5) is 0 Å². The minimum Gasteiger partial charge on any atom is -0.394 e. The Morgan fingerprint density at radius 2 is 2.06 bits per heavy atom. The van der Waals surface area contributed by atoms with Gasteiger partial charge in [-0.2, -0.15) is 0 Å². The largest absolute Gasteiger partial charge is 0.394 e. The number of benzene rings is 1. The second kappa shape index (κ2) is 5.50. The maximum atomic E-state index is 11.6. The Morgan fingerprint density at radius 1 is 1.39 bits per heavy atom. The molecule has 0 saturated heterocycles. The fourth-order valence-corrected chi connectivity index (χ4v) is 1.84. The summed E-state index contributed by atoms with van der Waals surface area (Å²) in [7, 11) is 0. The van der Waals surface area contributed by atoms with Gasteiger partial charge in [0.2, 0.25) is 5.91 Å². The van der Waals surface area contributed by atoms with E-state index in [4.69, 9.17) is 0 Å². The van der Waals surface area contributed by atoms with Gasteiger partial charge in [-0.15, -0.1) is 0 Å². The molecular weight excluding hydrogens is 228 g/mol. The lowest BCUT2D eigenvalue weighted by Gasteiger charge is -2.29. The van der Waals surface area contributed by atoms with Gasteiger partial charge in [0.1, 0.15) is 0 Å². The molecule has 0 spiro atoms. The highest BCUT2D eigenvalue weighted by Gasteiger charge is 2.27. The predicted molar refractivity (Wildman–Crippen MR) is 70.0 cm³/mol. The molecule has 2 rings (SSSR count). The minimum absolute atomic E-state index is 0.00638. The van der Waals surface area contributed by atoms with Gasteiger partial charge in [0, 0.05) is 6.04 Å². The number of carbonyl (C=O) groups excluding carboxylic acids is 1. The van der Waals surface area contributed by atoms with E-state index in [2.05, 4.69) is 10.6 Å². The molecule has 0 aliphatic heterocycles. The lowest BCUT2D eigenvalue weighted by atomic mass is 9.93. The van der Waals surface area contributed by atoms with Gasteiger partial charge in [-0.3, -0.25) is 10.1 Å². The summed E-state index contributed by atoms with van der Waals surface area (Å²) in [5.74, 6) is -0.00638. The Bertz CT molecular complexity index is 404. The van der Waals surface area contributed by atoms with Crippen molar-refractivity contribution in [3.63, 3.8) is 0 Å². The third kappa shape index (κ3) is 3.31. The van der Waals surface area contributed by atoms with E-state index in [9.17, 15) is 9.90 Å². The summed E-state index contributed by atoms with van der Waals surface area (Å²) in [5.41, 5.74) is 0.397. The van der Waals surface area contributed by atoms with Gasteiger partial charge in [0.05, 0.1) is 18.7 Å². The van der Waals surface area contributed by atoms with Gasteiger partial charge in [-0.1, -0.05) is 30.3 Å². The highest BCUT2D eigenvalue weighted by molar-refractivity contribution is 5.78. The Hall–Kier alpha value is -1.39. The fraction of sp³-hybridized carbons (Fsp3) is 0.500. The van der Waals surface area contributed by atoms with Gasteiger partial charge in [-0.05, 0) is 25.3 Å². The molecule has 18 heavy (non-hydrogen) atoms. The molecule has 4 nitrogen and oxygen atoms in total. The van der Waals surface area contributed by atoms with Crippen LogP contribution in [0.15, 0.2) is 30.3 Å². The molecule has 1 unspecified atom stereocenters. The molecule has 98 valence electrons. The standard InChI is InChI=1S/C14H20N2O2/c1-14(10-17,11-5-3-2-4-6-11)15-9-13(18)16-12-7-8-12/h2-6,12,15,17H,7-10H2,1H3,(H,16,18). The zero-order chi connectivity index (χ0) is 13.0. The van der Waals surface area contributed by atoms with Gasteiger partial charge in [0.25, 0.3) is 0 Å². The number of carbonyl (C=O) groups is 1. The molecule has 0 bridgehead atoms. The molecule has 1 aliphatic carbocycles. The van der Waals surface area contributed by atoms with E-state index in [0.29, 0.717) is 6.04 Å². The Balaban J connectivity index is 1.93. The fourth-order valence-electron chi connectivity index (χ4n) is 1.84. The van der Waals surface area contributed by atoms with Crippen LogP contribution in [0.5, 0.6) is 0 Å². The quantitative estimate of drug-likeness (QED) is 0.696. The summed E-state index contributed by atoms with van der Waals surface area (Å²) in [6.07, 6.45) is 2.17. The normalized spacial score (nSPS) is 18.1. The molecule has 0 aromatic heterocycles. The van der Waals surface area contributed by atoms with Crippen LogP contribution < -0.4 is 10.6 Å². The summed E-state index contributed by atoms with van der Waals surface area (Å²) in [5, 5.41) is 15.6. The Morgan fingerprint density at radius 3 is 2.61 bits per heavy atom. The number of rotatable bonds is 6. The summed E-state index contributed by atoms with van der Waals surface area (Å²) in [6.45, 7) is 2.07. The van der Waals surface area contributed by atoms with Gasteiger partial charge < -0.3 is 10.4 Å². The summed E-state index contributed by atoms with van der Waals surface area (Å²) in [4.78, 5) is 11.6. The third-order valence-corrected chi connectivity index (χ3v) is 3.31. The van der Waals surface area contributed by atoms with Gasteiger partial charge >= 0.3 is 0 Å². The average Bonchev–Trinajstić information content (AvgIpc) is 3.21. The molecule has 1 aromatic carbocycles. The van der Waals surface area contributed by atoms with Crippen molar-refractivity contribution in [1.82, 2.24) is 10.6 Å². The monoisotopic (exact) mass is 248 g/mol. The molecule has 3 N–H and O–H groups in total. The highest BCUT2D eigenvalue weighted by atomic mass is 16.3. The second-order valence-corrected chi connectivity index (χ2v) is 5.05. The van der Waals surface area contributed by atoms with E-state index in [-0.39, 0.29) is 19.1 Å². The maximum Gasteiger partial charge on any atom is 0.234 e. The zero-order valence-corrected chi connectivity index (χ0v) is 10.6. The van der Waals surface area contributed by atoms with Crippen molar-refractivity contribution in [2.45, 2.75) is 31.3 Å². The number of aliphatic hydroxyl groups is 1. The molecule has 1 amide bonds. The van der Waals surface area contributed by atoms with Crippen LogP contribution in [-0.4, -0.2) is 30.2 Å². The Kier molecular flexibility index (Phi) is 3.99. The van der Waals surface area contributed by atoms with Crippen LogP contribution in [0.25, 0.3) is 0 Å². The maximum absolute atomic E-state index is 11.6. The number of hydrogen-bond donors (Lipinski definition) is 3. The van der Waals surface area contributed by atoms with E-state index in [1.54, 1.807) is 0 Å². The van der Waals surface area contributed by atoms with Crippen LogP contribution in [0.2, 0.25) is 0 Å². The van der Waals surface area contributed by atoms with E-state index < -0.39 is 5.54 Å². The van der Waals surface area contributed by atoms with E-state index in [1.807, 2.05) is 37.3 Å². The highest BCUT2D eigenvalue weighted by Crippen LogP contribution is 2.20. The van der Waals surface area contributed by atoms with Gasteiger partial charge in [-0.25, -0.2) is 0 Å². The van der Waals surface area contributed by atoms with Crippen LogP contribution in [0.1, 0.15) is 25.3 Å². The van der Waals surface area contributed by atoms with E-state index in [1.165, 1.54) is 0 Å². The molecular formula is C14H20N2O2. The molecule has 4 heteroatoms. The van der Waals surface area contributed by atoms with Crippen molar-refractivity contribution in [2.24, 2.45) is 0 Å². The van der Waals surface area contributed by atoms with Crippen LogP contribution in [0.3, 0.4) is 0 Å². The van der Waals surface area contributed by atoms with Gasteiger partial charge in [0.15, 0.2) is 0 Å². The number of hydrogen-bond acceptors (Lipinski definition) is 3. The van der Waals surface area contributed by atoms with Crippen LogP contribution in [-0.2, 0) is 10.3 Å². The molecule has 1 saturated carbocycles. The topological polar surface area (TPSA) is 61.4 Å². The molecule has 1 atom stereocenters. The first-order valence-corrected chi connectivity index (χ1v) is 6.35. The number of amides is 1.